The number of aryl methyl sites for hydroxylation is 1. The molecule has 1 N–H and O–H groups in total. The summed E-state index contributed by atoms with van der Waals surface area (Å²) in [5, 5.41) is 4.85. The summed E-state index contributed by atoms with van der Waals surface area (Å²) in [4.78, 5) is 26.6. The van der Waals surface area contributed by atoms with Crippen LogP contribution in [0.3, 0.4) is 0 Å². The molecule has 1 saturated heterocycles. The van der Waals surface area contributed by atoms with Crippen LogP contribution in [0.2, 0.25) is 0 Å². The van der Waals surface area contributed by atoms with Crippen LogP contribution in [-0.2, 0) is 16.1 Å². The van der Waals surface area contributed by atoms with Crippen LogP contribution in [-0.4, -0.2) is 62.4 Å². The van der Waals surface area contributed by atoms with Gasteiger partial charge in [0.05, 0.1) is 33.5 Å². The van der Waals surface area contributed by atoms with E-state index in [1.165, 1.54) is 0 Å². The molecule has 2 heterocycles. The summed E-state index contributed by atoms with van der Waals surface area (Å²) in [5.74, 6) is 1.25. The van der Waals surface area contributed by atoms with Gasteiger partial charge in [-0.2, -0.15) is 0 Å². The number of carbonyl (C=O) groups excluding carboxylic acids is 1. The molecule has 0 bridgehead atoms. The molecule has 1 aromatic carbocycles. The molecule has 0 spiro atoms. The molecule has 1 atom stereocenters. The van der Waals surface area contributed by atoms with Crippen LogP contribution in [0.1, 0.15) is 23.7 Å². The van der Waals surface area contributed by atoms with Crippen LogP contribution in [0, 0.1) is 6.92 Å². The SMILES string of the molecule is COc1ccc(C(CNC(=O)CCn2c(C)csc2=O)N2CCOCC2)cc1OC. The molecule has 0 radical (unpaired) electrons. The van der Waals surface area contributed by atoms with Crippen LogP contribution >= 0.6 is 11.3 Å². The molecule has 3 rings (SSSR count). The molecular weight excluding hydrogens is 406 g/mol. The Morgan fingerprint density at radius 1 is 1.23 bits per heavy atom. The topological polar surface area (TPSA) is 82.0 Å². The molecular formula is C21H29N3O5S. The maximum Gasteiger partial charge on any atom is 0.307 e. The molecule has 0 saturated carbocycles. The first-order valence-electron chi connectivity index (χ1n) is 9.99. The van der Waals surface area contributed by atoms with Gasteiger partial charge in [0.15, 0.2) is 11.5 Å². The summed E-state index contributed by atoms with van der Waals surface area (Å²) < 4.78 is 17.9. The number of hydrogen-bond donors (Lipinski definition) is 1. The van der Waals surface area contributed by atoms with E-state index in [2.05, 4.69) is 10.2 Å². The standard InChI is InChI=1S/C21H29N3O5S/c1-15-14-30-21(26)24(15)7-6-20(25)22-13-17(23-8-10-29-11-9-23)16-4-5-18(27-2)19(12-16)28-3/h4-5,12,14,17H,6-11,13H2,1-3H3,(H,22,25). The highest BCUT2D eigenvalue weighted by atomic mass is 32.1. The zero-order valence-electron chi connectivity index (χ0n) is 17.7. The average molecular weight is 436 g/mol. The molecule has 1 aromatic heterocycles. The molecule has 1 aliphatic rings. The molecule has 1 fully saturated rings. The van der Waals surface area contributed by atoms with E-state index in [4.69, 9.17) is 14.2 Å². The van der Waals surface area contributed by atoms with E-state index in [1.54, 1.807) is 18.8 Å². The first-order chi connectivity index (χ1) is 14.5. The summed E-state index contributed by atoms with van der Waals surface area (Å²) in [7, 11) is 3.22. The van der Waals surface area contributed by atoms with Crippen LogP contribution < -0.4 is 19.7 Å². The molecule has 1 unspecified atom stereocenters. The highest BCUT2D eigenvalue weighted by molar-refractivity contribution is 7.07. The van der Waals surface area contributed by atoms with Crippen LogP contribution in [0.25, 0.3) is 0 Å². The van der Waals surface area contributed by atoms with Crippen molar-refractivity contribution in [2.45, 2.75) is 25.9 Å². The summed E-state index contributed by atoms with van der Waals surface area (Å²) in [6.07, 6.45) is 0.263. The highest BCUT2D eigenvalue weighted by Gasteiger charge is 2.24. The predicted octanol–water partition coefficient (Wildman–Crippen LogP) is 1.82. The zero-order chi connectivity index (χ0) is 21.5. The minimum absolute atomic E-state index is 0.0109. The zero-order valence-corrected chi connectivity index (χ0v) is 18.5. The summed E-state index contributed by atoms with van der Waals surface area (Å²) >= 11 is 1.16. The van der Waals surface area contributed by atoms with E-state index in [1.807, 2.05) is 30.5 Å². The Morgan fingerprint density at radius 3 is 2.60 bits per heavy atom. The molecule has 30 heavy (non-hydrogen) atoms. The fraction of sp³-hybridized carbons (Fsp3) is 0.524. The lowest BCUT2D eigenvalue weighted by molar-refractivity contribution is -0.121. The molecule has 2 aromatic rings. The predicted molar refractivity (Wildman–Crippen MR) is 116 cm³/mol. The van der Waals surface area contributed by atoms with Gasteiger partial charge < -0.3 is 24.1 Å². The van der Waals surface area contributed by atoms with Crippen LogP contribution in [0.15, 0.2) is 28.4 Å². The lowest BCUT2D eigenvalue weighted by Crippen LogP contribution is -2.44. The Bertz CT molecular complexity index is 904. The number of nitrogens with one attached hydrogen (secondary N) is 1. The van der Waals surface area contributed by atoms with Gasteiger partial charge in [-0.05, 0) is 24.6 Å². The molecule has 164 valence electrons. The van der Waals surface area contributed by atoms with Crippen molar-refractivity contribution < 1.29 is 19.0 Å². The number of morpholine rings is 1. The van der Waals surface area contributed by atoms with Crippen molar-refractivity contribution in [3.8, 4) is 11.5 Å². The second-order valence-corrected chi connectivity index (χ2v) is 7.95. The van der Waals surface area contributed by atoms with Crippen molar-refractivity contribution >= 4 is 17.2 Å². The van der Waals surface area contributed by atoms with Gasteiger partial charge in [0, 0.05) is 43.7 Å². The van der Waals surface area contributed by atoms with E-state index in [0.717, 1.165) is 35.7 Å². The summed E-state index contributed by atoms with van der Waals surface area (Å²) in [5.41, 5.74) is 1.93. The highest BCUT2D eigenvalue weighted by Crippen LogP contribution is 2.32. The van der Waals surface area contributed by atoms with Crippen LogP contribution in [0.4, 0.5) is 0 Å². The van der Waals surface area contributed by atoms with Crippen molar-refractivity contribution in [2.24, 2.45) is 0 Å². The lowest BCUT2D eigenvalue weighted by Gasteiger charge is -2.35. The first kappa shape index (κ1) is 22.3. The number of amides is 1. The van der Waals surface area contributed by atoms with E-state index in [9.17, 15) is 9.59 Å². The van der Waals surface area contributed by atoms with Gasteiger partial charge in [0.1, 0.15) is 0 Å². The van der Waals surface area contributed by atoms with E-state index >= 15 is 0 Å². The van der Waals surface area contributed by atoms with Gasteiger partial charge in [-0.3, -0.25) is 14.5 Å². The quantitative estimate of drug-likeness (QED) is 0.647. The number of thiazole rings is 1. The van der Waals surface area contributed by atoms with E-state index in [-0.39, 0.29) is 23.2 Å². The second kappa shape index (κ2) is 10.6. The van der Waals surface area contributed by atoms with Gasteiger partial charge in [-0.15, -0.1) is 0 Å². The fourth-order valence-electron chi connectivity index (χ4n) is 3.59. The van der Waals surface area contributed by atoms with E-state index < -0.39 is 0 Å². The van der Waals surface area contributed by atoms with Crippen molar-refractivity contribution in [3.63, 3.8) is 0 Å². The summed E-state index contributed by atoms with van der Waals surface area (Å²) in [6.45, 7) is 5.64. The van der Waals surface area contributed by atoms with Gasteiger partial charge in [-0.1, -0.05) is 17.4 Å². The molecule has 1 amide bonds. The number of aromatic nitrogens is 1. The molecule has 9 heteroatoms. The Morgan fingerprint density at radius 2 is 1.97 bits per heavy atom. The van der Waals surface area contributed by atoms with Crippen molar-refractivity contribution in [3.05, 3.63) is 44.5 Å². The number of carbonyl (C=O) groups is 1. The minimum atomic E-state index is -0.0776. The van der Waals surface area contributed by atoms with Gasteiger partial charge >= 0.3 is 4.87 Å². The smallest absolute Gasteiger partial charge is 0.307 e. The Kier molecular flexibility index (Phi) is 7.89. The second-order valence-electron chi connectivity index (χ2n) is 7.13. The molecule has 1 aliphatic heterocycles. The lowest BCUT2D eigenvalue weighted by atomic mass is 10.0. The third-order valence-electron chi connectivity index (χ3n) is 5.31. The average Bonchev–Trinajstić information content (AvgIpc) is 3.10. The normalized spacial score (nSPS) is 15.6. The van der Waals surface area contributed by atoms with Crippen LogP contribution in [0.5, 0.6) is 11.5 Å². The van der Waals surface area contributed by atoms with E-state index in [0.29, 0.717) is 37.8 Å². The third kappa shape index (κ3) is 5.41. The number of benzene rings is 1. The number of nitrogens with zero attached hydrogens (tertiary/aromatic N) is 2. The minimum Gasteiger partial charge on any atom is -0.493 e. The fourth-order valence-corrected chi connectivity index (χ4v) is 4.35. The summed E-state index contributed by atoms with van der Waals surface area (Å²) in [6, 6.07) is 5.83. The Hall–Kier alpha value is -2.36. The Labute approximate surface area is 180 Å². The molecule has 8 nitrogen and oxygen atoms in total. The number of methoxy groups -OCH3 is 2. The third-order valence-corrected chi connectivity index (χ3v) is 6.19. The van der Waals surface area contributed by atoms with Crippen molar-refractivity contribution in [1.82, 2.24) is 14.8 Å². The monoisotopic (exact) mass is 435 g/mol. The van der Waals surface area contributed by atoms with Crippen molar-refractivity contribution in [2.75, 3.05) is 47.1 Å². The number of ether oxygens (including phenoxy) is 3. The van der Waals surface area contributed by atoms with Gasteiger partial charge in [0.2, 0.25) is 5.91 Å². The largest absolute Gasteiger partial charge is 0.493 e. The maximum atomic E-state index is 12.5. The first-order valence-corrected chi connectivity index (χ1v) is 10.9. The maximum absolute atomic E-state index is 12.5. The Balaban J connectivity index is 1.68. The van der Waals surface area contributed by atoms with Gasteiger partial charge in [0.25, 0.3) is 0 Å². The number of rotatable bonds is 9. The van der Waals surface area contributed by atoms with Gasteiger partial charge in [-0.25, -0.2) is 0 Å². The molecule has 0 aliphatic carbocycles. The van der Waals surface area contributed by atoms with Crippen molar-refractivity contribution in [1.29, 1.82) is 0 Å². The number of hydrogen-bond acceptors (Lipinski definition) is 7.